The van der Waals surface area contributed by atoms with Gasteiger partial charge in [-0.15, -0.1) is 11.3 Å². The summed E-state index contributed by atoms with van der Waals surface area (Å²) in [5.74, 6) is 0. The molecule has 1 aliphatic rings. The Bertz CT molecular complexity index is 228. The molecule has 2 nitrogen and oxygen atoms in total. The van der Waals surface area contributed by atoms with E-state index in [9.17, 15) is 0 Å². The minimum absolute atomic E-state index is 1.16. The predicted octanol–water partition coefficient (Wildman–Crippen LogP) is 2.22. The van der Waals surface area contributed by atoms with Gasteiger partial charge >= 0.3 is 0 Å². The van der Waals surface area contributed by atoms with Crippen LogP contribution in [0.5, 0.6) is 0 Å². The number of thiophene rings is 1. The van der Waals surface area contributed by atoms with E-state index in [4.69, 9.17) is 0 Å². The van der Waals surface area contributed by atoms with Crippen LogP contribution in [0.15, 0.2) is 17.5 Å². The zero-order valence-electron chi connectivity index (χ0n) is 9.83. The first-order valence-electron chi connectivity index (χ1n) is 5.90. The maximum Gasteiger partial charge on any atom is 0.0108 e. The van der Waals surface area contributed by atoms with Gasteiger partial charge in [-0.05, 0) is 17.9 Å². The fourth-order valence-electron chi connectivity index (χ4n) is 1.66. The maximum absolute atomic E-state index is 3.37. The Hall–Kier alpha value is -0.380. The van der Waals surface area contributed by atoms with Gasteiger partial charge in [0.2, 0.25) is 0 Å². The second kappa shape index (κ2) is 7.85. The van der Waals surface area contributed by atoms with E-state index in [-0.39, 0.29) is 0 Å². The Labute approximate surface area is 97.3 Å². The Balaban J connectivity index is 0.000000531. The molecule has 0 aromatic carbocycles. The molecule has 86 valence electrons. The molecule has 0 amide bonds. The summed E-state index contributed by atoms with van der Waals surface area (Å²) in [6.45, 7) is 9.97. The van der Waals surface area contributed by atoms with E-state index < -0.39 is 0 Å². The lowest BCUT2D eigenvalue weighted by Crippen LogP contribution is -2.44. The molecule has 0 bridgehead atoms. The Kier molecular flexibility index (Phi) is 6.64. The van der Waals surface area contributed by atoms with Crippen molar-refractivity contribution in [1.82, 2.24) is 10.2 Å². The third kappa shape index (κ3) is 4.78. The van der Waals surface area contributed by atoms with Gasteiger partial charge in [-0.2, -0.15) is 0 Å². The van der Waals surface area contributed by atoms with Gasteiger partial charge in [0.15, 0.2) is 0 Å². The van der Waals surface area contributed by atoms with Gasteiger partial charge in [0.05, 0.1) is 0 Å². The highest BCUT2D eigenvalue weighted by molar-refractivity contribution is 7.09. The van der Waals surface area contributed by atoms with Gasteiger partial charge in [-0.25, -0.2) is 0 Å². The summed E-state index contributed by atoms with van der Waals surface area (Å²) in [7, 11) is 0. The molecular weight excluding hydrogens is 204 g/mol. The van der Waals surface area contributed by atoms with Crippen LogP contribution in [0, 0.1) is 0 Å². The highest BCUT2D eigenvalue weighted by Crippen LogP contribution is 2.09. The number of nitrogens with one attached hydrogen (secondary N) is 1. The SMILES string of the molecule is CC.c1csc(CCN2CCNCC2)c1. The van der Waals surface area contributed by atoms with E-state index in [1.165, 1.54) is 30.9 Å². The molecule has 1 saturated heterocycles. The molecule has 0 saturated carbocycles. The highest BCUT2D eigenvalue weighted by atomic mass is 32.1. The second-order valence-corrected chi connectivity index (χ2v) is 4.45. The fourth-order valence-corrected chi connectivity index (χ4v) is 2.36. The van der Waals surface area contributed by atoms with Crippen molar-refractivity contribution in [2.75, 3.05) is 32.7 Å². The molecule has 3 heteroatoms. The summed E-state index contributed by atoms with van der Waals surface area (Å²) in [6, 6.07) is 4.37. The molecule has 0 aliphatic carbocycles. The van der Waals surface area contributed by atoms with Crippen LogP contribution in [-0.2, 0) is 6.42 Å². The minimum Gasteiger partial charge on any atom is -0.314 e. The van der Waals surface area contributed by atoms with Crippen molar-refractivity contribution in [1.29, 1.82) is 0 Å². The average Bonchev–Trinajstić information content (AvgIpc) is 2.83. The zero-order chi connectivity index (χ0) is 10.9. The predicted molar refractivity (Wildman–Crippen MR) is 68.7 cm³/mol. The third-order valence-electron chi connectivity index (χ3n) is 2.46. The van der Waals surface area contributed by atoms with E-state index in [0.717, 1.165) is 13.1 Å². The van der Waals surface area contributed by atoms with Crippen molar-refractivity contribution >= 4 is 11.3 Å². The summed E-state index contributed by atoms with van der Waals surface area (Å²) in [5.41, 5.74) is 0. The molecule has 0 spiro atoms. The van der Waals surface area contributed by atoms with Gasteiger partial charge in [-0.1, -0.05) is 19.9 Å². The zero-order valence-corrected chi connectivity index (χ0v) is 10.6. The van der Waals surface area contributed by atoms with E-state index in [2.05, 4.69) is 27.7 Å². The molecule has 2 heterocycles. The molecule has 15 heavy (non-hydrogen) atoms. The van der Waals surface area contributed by atoms with E-state index in [1.807, 2.05) is 25.2 Å². The van der Waals surface area contributed by atoms with Crippen molar-refractivity contribution in [2.24, 2.45) is 0 Å². The first kappa shape index (κ1) is 12.7. The van der Waals surface area contributed by atoms with Crippen LogP contribution in [0.25, 0.3) is 0 Å². The molecule has 0 radical (unpaired) electrons. The van der Waals surface area contributed by atoms with Crippen LogP contribution in [0.1, 0.15) is 18.7 Å². The van der Waals surface area contributed by atoms with E-state index >= 15 is 0 Å². The van der Waals surface area contributed by atoms with Gasteiger partial charge in [0.1, 0.15) is 0 Å². The second-order valence-electron chi connectivity index (χ2n) is 3.42. The number of hydrogen-bond donors (Lipinski definition) is 1. The van der Waals surface area contributed by atoms with Crippen LogP contribution in [0.3, 0.4) is 0 Å². The Morgan fingerprint density at radius 3 is 2.67 bits per heavy atom. The van der Waals surface area contributed by atoms with Crippen LogP contribution < -0.4 is 5.32 Å². The first-order valence-corrected chi connectivity index (χ1v) is 6.78. The molecule has 1 N–H and O–H groups in total. The monoisotopic (exact) mass is 226 g/mol. The third-order valence-corrected chi connectivity index (χ3v) is 3.40. The molecular formula is C12H22N2S. The van der Waals surface area contributed by atoms with E-state index in [1.54, 1.807) is 0 Å². The molecule has 2 rings (SSSR count). The topological polar surface area (TPSA) is 15.3 Å². The van der Waals surface area contributed by atoms with E-state index in [0.29, 0.717) is 0 Å². The van der Waals surface area contributed by atoms with Crippen molar-refractivity contribution in [3.8, 4) is 0 Å². The van der Waals surface area contributed by atoms with Gasteiger partial charge in [-0.3, -0.25) is 0 Å². The standard InChI is InChI=1S/C10H16N2S.C2H6/c1-2-10(13-9-1)3-6-12-7-4-11-5-8-12;1-2/h1-2,9,11H,3-8H2;1-2H3. The number of rotatable bonds is 3. The summed E-state index contributed by atoms with van der Waals surface area (Å²) < 4.78 is 0. The van der Waals surface area contributed by atoms with Gasteiger partial charge in [0.25, 0.3) is 0 Å². The van der Waals surface area contributed by atoms with Gasteiger partial charge < -0.3 is 10.2 Å². The molecule has 0 unspecified atom stereocenters. The molecule has 1 fully saturated rings. The normalized spacial score (nSPS) is 16.9. The van der Waals surface area contributed by atoms with Gasteiger partial charge in [0, 0.05) is 37.6 Å². The summed E-state index contributed by atoms with van der Waals surface area (Å²) in [4.78, 5) is 4.05. The van der Waals surface area contributed by atoms with Crippen LogP contribution in [0.2, 0.25) is 0 Å². The lowest BCUT2D eigenvalue weighted by molar-refractivity contribution is 0.244. The summed E-state index contributed by atoms with van der Waals surface area (Å²) in [6.07, 6.45) is 1.22. The lowest BCUT2D eigenvalue weighted by atomic mass is 10.3. The van der Waals surface area contributed by atoms with Crippen molar-refractivity contribution in [2.45, 2.75) is 20.3 Å². The molecule has 1 aromatic heterocycles. The highest BCUT2D eigenvalue weighted by Gasteiger charge is 2.08. The number of piperazine rings is 1. The van der Waals surface area contributed by atoms with Crippen molar-refractivity contribution in [3.63, 3.8) is 0 Å². The maximum atomic E-state index is 3.37. The molecule has 1 aromatic rings. The minimum atomic E-state index is 1.16. The average molecular weight is 226 g/mol. The first-order chi connectivity index (χ1) is 7.45. The summed E-state index contributed by atoms with van der Waals surface area (Å²) in [5, 5.41) is 5.53. The number of hydrogen-bond acceptors (Lipinski definition) is 3. The number of nitrogens with zero attached hydrogens (tertiary/aromatic N) is 1. The lowest BCUT2D eigenvalue weighted by Gasteiger charge is -2.26. The smallest absolute Gasteiger partial charge is 0.0108 e. The molecule has 0 atom stereocenters. The fraction of sp³-hybridized carbons (Fsp3) is 0.667. The Morgan fingerprint density at radius 2 is 2.07 bits per heavy atom. The van der Waals surface area contributed by atoms with Crippen molar-refractivity contribution in [3.05, 3.63) is 22.4 Å². The Morgan fingerprint density at radius 1 is 1.33 bits per heavy atom. The summed E-state index contributed by atoms with van der Waals surface area (Å²) >= 11 is 1.87. The van der Waals surface area contributed by atoms with Crippen molar-refractivity contribution < 1.29 is 0 Å². The van der Waals surface area contributed by atoms with Crippen LogP contribution >= 0.6 is 11.3 Å². The van der Waals surface area contributed by atoms with Crippen LogP contribution in [0.4, 0.5) is 0 Å². The molecule has 1 aliphatic heterocycles. The quantitative estimate of drug-likeness (QED) is 0.850. The van der Waals surface area contributed by atoms with Crippen LogP contribution in [-0.4, -0.2) is 37.6 Å². The largest absolute Gasteiger partial charge is 0.314 e.